The Hall–Kier alpha value is -1.20. The second-order valence-corrected chi connectivity index (χ2v) is 4.03. The number of hydrogen-bond donors (Lipinski definition) is 2. The average molecular weight is 227 g/mol. The van der Waals surface area contributed by atoms with Gasteiger partial charge >= 0.3 is 0 Å². The van der Waals surface area contributed by atoms with Crippen molar-refractivity contribution in [3.63, 3.8) is 0 Å². The molecule has 1 fully saturated rings. The number of anilines is 1. The van der Waals surface area contributed by atoms with E-state index in [0.29, 0.717) is 11.7 Å². The maximum Gasteiger partial charge on any atom is 0.234 e. The quantitative estimate of drug-likeness (QED) is 0.748. The van der Waals surface area contributed by atoms with Crippen molar-refractivity contribution in [3.05, 3.63) is 17.4 Å². The van der Waals surface area contributed by atoms with Crippen LogP contribution in [0.15, 0.2) is 12.3 Å². The highest BCUT2D eigenvalue weighted by Gasteiger charge is 2.48. The fraction of sp³-hybridized carbons (Fsp3) is 0.444. The molecule has 0 radical (unpaired) electrons. The van der Waals surface area contributed by atoms with Gasteiger partial charge in [0, 0.05) is 12.7 Å². The summed E-state index contributed by atoms with van der Waals surface area (Å²) in [6, 6.07) is 1.55. The van der Waals surface area contributed by atoms with Crippen LogP contribution in [0.5, 0.6) is 0 Å². The van der Waals surface area contributed by atoms with Gasteiger partial charge in [-0.1, -0.05) is 11.6 Å². The van der Waals surface area contributed by atoms with Crippen LogP contribution < -0.4 is 11.1 Å². The molecule has 1 aliphatic rings. The molecular weight excluding hydrogens is 216 g/mol. The number of hydrogen-bond acceptors (Lipinski definition) is 4. The van der Waals surface area contributed by atoms with Crippen LogP contribution in [0.4, 0.5) is 5.95 Å². The molecule has 0 bridgehead atoms. The Bertz CT molecular complexity index is 391. The second-order valence-electron chi connectivity index (χ2n) is 3.64. The number of nitrogens with two attached hydrogens (primary N) is 1. The topological polar surface area (TPSA) is 80.9 Å². The number of halogens is 1. The number of amides is 1. The van der Waals surface area contributed by atoms with E-state index in [1.54, 1.807) is 6.07 Å². The number of carbonyl (C=O) groups excluding carboxylic acids is 1. The van der Waals surface area contributed by atoms with E-state index in [1.165, 1.54) is 6.20 Å². The molecule has 0 spiro atoms. The van der Waals surface area contributed by atoms with E-state index in [2.05, 4.69) is 15.3 Å². The van der Waals surface area contributed by atoms with Crippen LogP contribution >= 0.6 is 11.6 Å². The van der Waals surface area contributed by atoms with Crippen molar-refractivity contribution in [2.45, 2.75) is 12.8 Å². The number of rotatable bonds is 3. The lowest BCUT2D eigenvalue weighted by atomic mass is 10.1. The zero-order valence-corrected chi connectivity index (χ0v) is 8.79. The molecule has 5 nitrogen and oxygen atoms in total. The van der Waals surface area contributed by atoms with Crippen LogP contribution in [0.25, 0.3) is 0 Å². The molecule has 1 heterocycles. The van der Waals surface area contributed by atoms with Crippen LogP contribution in [-0.2, 0) is 4.79 Å². The minimum atomic E-state index is -0.397. The van der Waals surface area contributed by atoms with Gasteiger partial charge in [-0.15, -0.1) is 0 Å². The molecule has 2 rings (SSSR count). The Morgan fingerprint density at radius 3 is 2.93 bits per heavy atom. The van der Waals surface area contributed by atoms with Gasteiger partial charge in [0.2, 0.25) is 11.9 Å². The normalized spacial score (nSPS) is 17.2. The first kappa shape index (κ1) is 10.3. The van der Waals surface area contributed by atoms with Crippen molar-refractivity contribution in [3.8, 4) is 0 Å². The van der Waals surface area contributed by atoms with E-state index in [1.807, 2.05) is 0 Å². The predicted octanol–water partition coefficient (Wildman–Crippen LogP) is 0.807. The first-order valence-electron chi connectivity index (χ1n) is 4.66. The third-order valence-electron chi connectivity index (χ3n) is 2.57. The Kier molecular flexibility index (Phi) is 2.58. The van der Waals surface area contributed by atoms with Crippen molar-refractivity contribution in [2.75, 3.05) is 11.9 Å². The van der Waals surface area contributed by atoms with Crippen LogP contribution in [0.1, 0.15) is 12.8 Å². The van der Waals surface area contributed by atoms with Crippen molar-refractivity contribution in [1.29, 1.82) is 0 Å². The zero-order chi connectivity index (χ0) is 10.9. The smallest absolute Gasteiger partial charge is 0.234 e. The van der Waals surface area contributed by atoms with Crippen LogP contribution in [0.3, 0.4) is 0 Å². The van der Waals surface area contributed by atoms with Gasteiger partial charge < -0.3 is 5.73 Å². The minimum Gasteiger partial charge on any atom is -0.329 e. The van der Waals surface area contributed by atoms with Gasteiger partial charge in [-0.3, -0.25) is 10.1 Å². The molecule has 1 aromatic rings. The third-order valence-corrected chi connectivity index (χ3v) is 2.78. The summed E-state index contributed by atoms with van der Waals surface area (Å²) >= 11 is 5.66. The predicted molar refractivity (Wildman–Crippen MR) is 56.4 cm³/mol. The first-order valence-corrected chi connectivity index (χ1v) is 5.04. The summed E-state index contributed by atoms with van der Waals surface area (Å²) in [5.41, 5.74) is 5.13. The SMILES string of the molecule is NCC1(C(=O)Nc2nccc(Cl)n2)CC1. The highest BCUT2D eigenvalue weighted by molar-refractivity contribution is 6.29. The van der Waals surface area contributed by atoms with Crippen molar-refractivity contribution in [2.24, 2.45) is 11.1 Å². The maximum atomic E-state index is 11.7. The highest BCUT2D eigenvalue weighted by atomic mass is 35.5. The molecule has 1 saturated carbocycles. The molecule has 6 heteroatoms. The molecule has 1 aromatic heterocycles. The maximum absolute atomic E-state index is 11.7. The van der Waals surface area contributed by atoms with Gasteiger partial charge in [-0.2, -0.15) is 0 Å². The standard InChI is InChI=1S/C9H11ClN4O/c10-6-1-4-12-8(13-6)14-7(15)9(5-11)2-3-9/h1,4H,2-3,5,11H2,(H,12,13,14,15). The Morgan fingerprint density at radius 1 is 1.67 bits per heavy atom. The molecular formula is C9H11ClN4O. The highest BCUT2D eigenvalue weighted by Crippen LogP contribution is 2.45. The number of nitrogens with zero attached hydrogens (tertiary/aromatic N) is 2. The van der Waals surface area contributed by atoms with E-state index < -0.39 is 5.41 Å². The number of carbonyl (C=O) groups is 1. The third kappa shape index (κ3) is 2.08. The first-order chi connectivity index (χ1) is 7.16. The molecule has 0 aromatic carbocycles. The summed E-state index contributed by atoms with van der Waals surface area (Å²) in [7, 11) is 0. The van der Waals surface area contributed by atoms with Crippen LogP contribution in [-0.4, -0.2) is 22.4 Å². The van der Waals surface area contributed by atoms with E-state index in [4.69, 9.17) is 17.3 Å². The summed E-state index contributed by atoms with van der Waals surface area (Å²) in [5.74, 6) is 0.111. The molecule has 0 atom stereocenters. The van der Waals surface area contributed by atoms with E-state index >= 15 is 0 Å². The van der Waals surface area contributed by atoms with Gasteiger partial charge in [-0.05, 0) is 18.9 Å². The lowest BCUT2D eigenvalue weighted by molar-refractivity contribution is -0.120. The fourth-order valence-corrected chi connectivity index (χ4v) is 1.44. The summed E-state index contributed by atoms with van der Waals surface area (Å²) in [6.07, 6.45) is 3.15. The lowest BCUT2D eigenvalue weighted by Gasteiger charge is -2.11. The minimum absolute atomic E-state index is 0.118. The monoisotopic (exact) mass is 226 g/mol. The van der Waals surface area contributed by atoms with E-state index in [0.717, 1.165) is 12.8 Å². The van der Waals surface area contributed by atoms with Gasteiger partial charge in [0.25, 0.3) is 0 Å². The fourth-order valence-electron chi connectivity index (χ4n) is 1.31. The Labute approximate surface area is 92.0 Å². The van der Waals surface area contributed by atoms with Crippen molar-refractivity contribution >= 4 is 23.5 Å². The Balaban J connectivity index is 2.06. The number of aromatic nitrogens is 2. The molecule has 1 aliphatic carbocycles. The average Bonchev–Trinajstić information content (AvgIpc) is 2.98. The number of nitrogens with one attached hydrogen (secondary N) is 1. The molecule has 80 valence electrons. The summed E-state index contributed by atoms with van der Waals surface area (Å²) in [4.78, 5) is 19.5. The van der Waals surface area contributed by atoms with Crippen molar-refractivity contribution in [1.82, 2.24) is 9.97 Å². The lowest BCUT2D eigenvalue weighted by Crippen LogP contribution is -2.31. The van der Waals surface area contributed by atoms with Crippen LogP contribution in [0.2, 0.25) is 5.15 Å². The summed E-state index contributed by atoms with van der Waals surface area (Å²) in [6.45, 7) is 0.361. The largest absolute Gasteiger partial charge is 0.329 e. The molecule has 15 heavy (non-hydrogen) atoms. The van der Waals surface area contributed by atoms with Gasteiger partial charge in [0.05, 0.1) is 5.41 Å². The molecule has 0 saturated heterocycles. The molecule has 1 amide bonds. The Morgan fingerprint density at radius 2 is 2.40 bits per heavy atom. The molecule has 0 unspecified atom stereocenters. The van der Waals surface area contributed by atoms with Gasteiger partial charge in [0.1, 0.15) is 5.15 Å². The second kappa shape index (κ2) is 3.75. The summed E-state index contributed by atoms with van der Waals surface area (Å²) in [5, 5.41) is 2.91. The molecule has 0 aliphatic heterocycles. The van der Waals surface area contributed by atoms with E-state index in [9.17, 15) is 4.79 Å². The van der Waals surface area contributed by atoms with Gasteiger partial charge in [0.15, 0.2) is 0 Å². The van der Waals surface area contributed by atoms with E-state index in [-0.39, 0.29) is 11.9 Å². The van der Waals surface area contributed by atoms with Gasteiger partial charge in [-0.25, -0.2) is 9.97 Å². The zero-order valence-electron chi connectivity index (χ0n) is 8.03. The van der Waals surface area contributed by atoms with Crippen molar-refractivity contribution < 1.29 is 4.79 Å². The van der Waals surface area contributed by atoms with Crippen LogP contribution in [0, 0.1) is 5.41 Å². The molecule has 3 N–H and O–H groups in total. The summed E-state index contributed by atoms with van der Waals surface area (Å²) < 4.78 is 0.